The monoisotopic (exact) mass is 317 g/mol. The normalized spacial score (nSPS) is 15.4. The Balaban J connectivity index is 1.76. The molecule has 1 atom stereocenters. The summed E-state index contributed by atoms with van der Waals surface area (Å²) in [5.41, 5.74) is 0.520. The van der Waals surface area contributed by atoms with E-state index >= 15 is 0 Å². The summed E-state index contributed by atoms with van der Waals surface area (Å²) in [5, 5.41) is 11.3. The van der Waals surface area contributed by atoms with Crippen LogP contribution in [0.4, 0.5) is 0 Å². The molecule has 1 fully saturated rings. The van der Waals surface area contributed by atoms with E-state index in [9.17, 15) is 9.59 Å². The standard InChI is InChI=1S/C16H19N3O4/c1-12(16(21)19-6-8-22-9-7-19)18-15(20)11-23-14-4-2-13(10-17)3-5-14/h2-5,12H,6-9,11H2,1H3,(H,18,20)/t12-/m0/s1. The maximum absolute atomic E-state index is 12.2. The van der Waals surface area contributed by atoms with Gasteiger partial charge in [0.25, 0.3) is 5.91 Å². The zero-order chi connectivity index (χ0) is 16.7. The van der Waals surface area contributed by atoms with Gasteiger partial charge in [0.2, 0.25) is 5.91 Å². The topological polar surface area (TPSA) is 91.7 Å². The first-order valence-corrected chi connectivity index (χ1v) is 7.39. The first kappa shape index (κ1) is 16.8. The molecule has 1 saturated heterocycles. The molecule has 1 aliphatic rings. The third-order valence-corrected chi connectivity index (χ3v) is 3.42. The van der Waals surface area contributed by atoms with Crippen LogP contribution < -0.4 is 10.1 Å². The van der Waals surface area contributed by atoms with Gasteiger partial charge in [0, 0.05) is 13.1 Å². The van der Waals surface area contributed by atoms with Crippen molar-refractivity contribution >= 4 is 11.8 Å². The van der Waals surface area contributed by atoms with Gasteiger partial charge in [-0.05, 0) is 31.2 Å². The average molecular weight is 317 g/mol. The van der Waals surface area contributed by atoms with Crippen molar-refractivity contribution < 1.29 is 19.1 Å². The molecular weight excluding hydrogens is 298 g/mol. The minimum Gasteiger partial charge on any atom is -0.484 e. The minimum atomic E-state index is -0.606. The predicted molar refractivity (Wildman–Crippen MR) is 81.7 cm³/mol. The Kier molecular flexibility index (Phi) is 5.94. The van der Waals surface area contributed by atoms with E-state index in [-0.39, 0.29) is 18.4 Å². The van der Waals surface area contributed by atoms with Crippen LogP contribution >= 0.6 is 0 Å². The van der Waals surface area contributed by atoms with Crippen molar-refractivity contribution in [1.82, 2.24) is 10.2 Å². The van der Waals surface area contributed by atoms with Crippen LogP contribution in [0.5, 0.6) is 5.75 Å². The third kappa shape index (κ3) is 4.97. The Morgan fingerprint density at radius 3 is 2.61 bits per heavy atom. The predicted octanol–water partition coefficient (Wildman–Crippen LogP) is 0.301. The summed E-state index contributed by atoms with van der Waals surface area (Å²) in [6, 6.07) is 7.85. The lowest BCUT2D eigenvalue weighted by Gasteiger charge is -2.29. The van der Waals surface area contributed by atoms with Crippen LogP contribution in [-0.4, -0.2) is 55.7 Å². The molecule has 2 amide bonds. The summed E-state index contributed by atoms with van der Waals surface area (Å²) in [6.07, 6.45) is 0. The quantitative estimate of drug-likeness (QED) is 0.843. The molecule has 1 N–H and O–H groups in total. The van der Waals surface area contributed by atoms with E-state index in [0.29, 0.717) is 37.6 Å². The molecule has 2 rings (SSSR count). The van der Waals surface area contributed by atoms with Gasteiger partial charge in [-0.15, -0.1) is 0 Å². The van der Waals surface area contributed by atoms with Crippen molar-refractivity contribution in [2.45, 2.75) is 13.0 Å². The number of benzene rings is 1. The second-order valence-electron chi connectivity index (χ2n) is 5.15. The van der Waals surface area contributed by atoms with Crippen LogP contribution in [0.1, 0.15) is 12.5 Å². The number of ether oxygens (including phenoxy) is 2. The van der Waals surface area contributed by atoms with E-state index in [4.69, 9.17) is 14.7 Å². The zero-order valence-corrected chi connectivity index (χ0v) is 12.9. The number of rotatable bonds is 5. The number of hydrogen-bond donors (Lipinski definition) is 1. The first-order chi connectivity index (χ1) is 11.1. The molecule has 0 radical (unpaired) electrons. The van der Waals surface area contributed by atoms with Gasteiger partial charge in [0.05, 0.1) is 24.8 Å². The van der Waals surface area contributed by atoms with Crippen LogP contribution in [0.3, 0.4) is 0 Å². The van der Waals surface area contributed by atoms with E-state index in [1.807, 2.05) is 6.07 Å². The lowest BCUT2D eigenvalue weighted by Crippen LogP contribution is -2.51. The Morgan fingerprint density at radius 2 is 2.00 bits per heavy atom. The molecule has 7 heteroatoms. The van der Waals surface area contributed by atoms with Gasteiger partial charge in [-0.1, -0.05) is 0 Å². The molecule has 7 nitrogen and oxygen atoms in total. The van der Waals surface area contributed by atoms with Gasteiger partial charge in [0.15, 0.2) is 6.61 Å². The summed E-state index contributed by atoms with van der Waals surface area (Å²) in [4.78, 5) is 25.7. The number of nitrogens with zero attached hydrogens (tertiary/aromatic N) is 2. The number of amides is 2. The summed E-state index contributed by atoms with van der Waals surface area (Å²) < 4.78 is 10.5. The van der Waals surface area contributed by atoms with Crippen molar-refractivity contribution in [3.8, 4) is 11.8 Å². The van der Waals surface area contributed by atoms with Crippen LogP contribution in [0.25, 0.3) is 0 Å². The Bertz CT molecular complexity index is 588. The van der Waals surface area contributed by atoms with Crippen molar-refractivity contribution in [3.63, 3.8) is 0 Å². The number of hydrogen-bond acceptors (Lipinski definition) is 5. The lowest BCUT2D eigenvalue weighted by atomic mass is 10.2. The zero-order valence-electron chi connectivity index (χ0n) is 12.9. The fourth-order valence-corrected chi connectivity index (χ4v) is 2.18. The largest absolute Gasteiger partial charge is 0.484 e. The highest BCUT2D eigenvalue weighted by Crippen LogP contribution is 2.11. The maximum Gasteiger partial charge on any atom is 0.258 e. The lowest BCUT2D eigenvalue weighted by molar-refractivity contribution is -0.139. The third-order valence-electron chi connectivity index (χ3n) is 3.42. The second-order valence-corrected chi connectivity index (χ2v) is 5.15. The molecule has 23 heavy (non-hydrogen) atoms. The molecule has 1 aliphatic heterocycles. The molecule has 0 aliphatic carbocycles. The van der Waals surface area contributed by atoms with Gasteiger partial charge < -0.3 is 19.7 Å². The van der Waals surface area contributed by atoms with Crippen molar-refractivity contribution in [1.29, 1.82) is 5.26 Å². The van der Waals surface area contributed by atoms with Crippen LogP contribution in [-0.2, 0) is 14.3 Å². The van der Waals surface area contributed by atoms with Crippen LogP contribution in [0.15, 0.2) is 24.3 Å². The highest BCUT2D eigenvalue weighted by atomic mass is 16.5. The number of nitrogens with one attached hydrogen (secondary N) is 1. The summed E-state index contributed by atoms with van der Waals surface area (Å²) in [5.74, 6) is -0.00481. The molecule has 0 bridgehead atoms. The van der Waals surface area contributed by atoms with E-state index in [1.54, 1.807) is 36.1 Å². The molecule has 0 aromatic heterocycles. The number of nitriles is 1. The highest BCUT2D eigenvalue weighted by Gasteiger charge is 2.23. The smallest absolute Gasteiger partial charge is 0.258 e. The molecule has 122 valence electrons. The van der Waals surface area contributed by atoms with E-state index < -0.39 is 6.04 Å². The van der Waals surface area contributed by atoms with Gasteiger partial charge in [-0.3, -0.25) is 9.59 Å². The van der Waals surface area contributed by atoms with E-state index in [0.717, 1.165) is 0 Å². The van der Waals surface area contributed by atoms with Gasteiger partial charge in [-0.25, -0.2) is 0 Å². The SMILES string of the molecule is C[C@H](NC(=O)COc1ccc(C#N)cc1)C(=O)N1CCOCC1. The van der Waals surface area contributed by atoms with E-state index in [2.05, 4.69) is 5.32 Å². The molecule has 1 heterocycles. The van der Waals surface area contributed by atoms with Gasteiger partial charge in [-0.2, -0.15) is 5.26 Å². The summed E-state index contributed by atoms with van der Waals surface area (Å²) >= 11 is 0. The fourth-order valence-electron chi connectivity index (χ4n) is 2.18. The van der Waals surface area contributed by atoms with Crippen molar-refractivity contribution in [2.24, 2.45) is 0 Å². The Hall–Kier alpha value is -2.59. The van der Waals surface area contributed by atoms with Gasteiger partial charge in [0.1, 0.15) is 11.8 Å². The number of carbonyl (C=O) groups is 2. The van der Waals surface area contributed by atoms with Crippen molar-refractivity contribution in [3.05, 3.63) is 29.8 Å². The molecule has 0 saturated carbocycles. The molecule has 0 spiro atoms. The molecule has 0 unspecified atom stereocenters. The summed E-state index contributed by atoms with van der Waals surface area (Å²) in [6.45, 7) is 3.59. The fraction of sp³-hybridized carbons (Fsp3) is 0.438. The van der Waals surface area contributed by atoms with E-state index in [1.165, 1.54) is 0 Å². The summed E-state index contributed by atoms with van der Waals surface area (Å²) in [7, 11) is 0. The van der Waals surface area contributed by atoms with Gasteiger partial charge >= 0.3 is 0 Å². The number of carbonyl (C=O) groups excluding carboxylic acids is 2. The first-order valence-electron chi connectivity index (χ1n) is 7.39. The van der Waals surface area contributed by atoms with Crippen molar-refractivity contribution in [2.75, 3.05) is 32.9 Å². The molecule has 1 aromatic carbocycles. The second kappa shape index (κ2) is 8.15. The molecular formula is C16H19N3O4. The molecule has 1 aromatic rings. The number of morpholine rings is 1. The maximum atomic E-state index is 12.2. The van der Waals surface area contributed by atoms with Crippen LogP contribution in [0.2, 0.25) is 0 Å². The Labute approximate surface area is 134 Å². The highest BCUT2D eigenvalue weighted by molar-refractivity contribution is 5.87. The average Bonchev–Trinajstić information content (AvgIpc) is 2.60. The van der Waals surface area contributed by atoms with Crippen LogP contribution in [0, 0.1) is 11.3 Å². The Morgan fingerprint density at radius 1 is 1.35 bits per heavy atom. The minimum absolute atomic E-state index is 0.125.